The van der Waals surface area contributed by atoms with Crippen LogP contribution in [0.5, 0.6) is 11.5 Å². The first-order valence-corrected chi connectivity index (χ1v) is 11.2. The molecule has 4 rings (SSSR count). The number of rotatable bonds is 6. The molecule has 10 heteroatoms. The molecule has 0 bridgehead atoms. The van der Waals surface area contributed by atoms with Gasteiger partial charge in [0.15, 0.2) is 11.5 Å². The molecule has 0 saturated heterocycles. The topological polar surface area (TPSA) is 87.1 Å². The van der Waals surface area contributed by atoms with Crippen LogP contribution in [-0.4, -0.2) is 37.8 Å². The number of amides is 1. The summed E-state index contributed by atoms with van der Waals surface area (Å²) in [5.74, 6) is 0.182. The highest BCUT2D eigenvalue weighted by atomic mass is 35.5. The van der Waals surface area contributed by atoms with Crippen molar-refractivity contribution in [1.29, 1.82) is 0 Å². The minimum atomic E-state index is -0.593. The van der Waals surface area contributed by atoms with Crippen molar-refractivity contribution < 1.29 is 23.8 Å². The Morgan fingerprint density at radius 1 is 1.09 bits per heavy atom. The number of methoxy groups -OCH3 is 3. The number of nitrogens with zero attached hydrogens (tertiary/aromatic N) is 2. The smallest absolute Gasteiger partial charge is 0.325 e. The second-order valence-corrected chi connectivity index (χ2v) is 8.73. The SMILES string of the molecule is COC(=O)Cn1c2c(sc1=O)[C@@H](c1ccc(OC)c(OC)c1)CC(=O)N2c1cccc(Cl)c1. The minimum Gasteiger partial charge on any atom is -0.493 e. The maximum absolute atomic E-state index is 13.4. The molecule has 172 valence electrons. The van der Waals surface area contributed by atoms with E-state index in [1.165, 1.54) is 23.7 Å². The molecular formula is C23H21ClN2O6S. The highest BCUT2D eigenvalue weighted by Crippen LogP contribution is 2.46. The molecule has 3 aromatic rings. The molecule has 0 spiro atoms. The molecule has 1 atom stereocenters. The maximum Gasteiger partial charge on any atom is 0.325 e. The van der Waals surface area contributed by atoms with Crippen LogP contribution in [0.4, 0.5) is 11.5 Å². The number of thiazole rings is 1. The number of fused-ring (bicyclic) bond motifs is 1. The quantitative estimate of drug-likeness (QED) is 0.488. The number of halogens is 1. The van der Waals surface area contributed by atoms with Crippen molar-refractivity contribution in [3.8, 4) is 11.5 Å². The maximum atomic E-state index is 13.4. The van der Waals surface area contributed by atoms with Gasteiger partial charge >= 0.3 is 10.8 Å². The summed E-state index contributed by atoms with van der Waals surface area (Å²) in [6.07, 6.45) is 0.118. The number of aromatic nitrogens is 1. The fourth-order valence-corrected chi connectivity index (χ4v) is 5.19. The number of ether oxygens (including phenoxy) is 3. The summed E-state index contributed by atoms with van der Waals surface area (Å²) in [6, 6.07) is 12.2. The van der Waals surface area contributed by atoms with E-state index in [0.717, 1.165) is 16.9 Å². The molecule has 0 unspecified atom stereocenters. The van der Waals surface area contributed by atoms with E-state index in [4.69, 9.17) is 25.8 Å². The Balaban J connectivity index is 1.92. The molecule has 0 aliphatic carbocycles. The Labute approximate surface area is 198 Å². The van der Waals surface area contributed by atoms with Crippen molar-refractivity contribution in [2.75, 3.05) is 26.2 Å². The molecule has 0 radical (unpaired) electrons. The van der Waals surface area contributed by atoms with Gasteiger partial charge in [-0.25, -0.2) is 0 Å². The van der Waals surface area contributed by atoms with Gasteiger partial charge in [-0.1, -0.05) is 35.1 Å². The average Bonchev–Trinajstić information content (AvgIpc) is 3.13. The van der Waals surface area contributed by atoms with Crippen molar-refractivity contribution in [3.63, 3.8) is 0 Å². The van der Waals surface area contributed by atoms with Crippen LogP contribution >= 0.6 is 22.9 Å². The number of hydrogen-bond acceptors (Lipinski definition) is 7. The van der Waals surface area contributed by atoms with E-state index in [-0.39, 0.29) is 23.7 Å². The molecule has 0 saturated carbocycles. The van der Waals surface area contributed by atoms with Crippen molar-refractivity contribution in [1.82, 2.24) is 4.57 Å². The standard InChI is InChI=1S/C23H21ClN2O6S/c1-30-17-8-7-13(9-18(17)31-2)16-11-19(27)26(15-6-4-5-14(24)10-15)22-21(16)33-23(29)25(22)12-20(28)32-3/h4-10,16H,11-12H2,1-3H3/t16-/m1/s1. The number of carbonyl (C=O) groups excluding carboxylic acids is 2. The van der Waals surface area contributed by atoms with Crippen LogP contribution in [0.15, 0.2) is 47.3 Å². The molecule has 1 aromatic heterocycles. The fraction of sp³-hybridized carbons (Fsp3) is 0.261. The lowest BCUT2D eigenvalue weighted by Gasteiger charge is -2.32. The first kappa shape index (κ1) is 22.9. The predicted molar refractivity (Wildman–Crippen MR) is 125 cm³/mol. The zero-order valence-corrected chi connectivity index (χ0v) is 19.7. The summed E-state index contributed by atoms with van der Waals surface area (Å²) in [4.78, 5) is 40.2. The van der Waals surface area contributed by atoms with Gasteiger partial charge in [-0.3, -0.25) is 23.9 Å². The molecule has 1 aliphatic heterocycles. The number of esters is 1. The summed E-state index contributed by atoms with van der Waals surface area (Å²) >= 11 is 7.17. The second-order valence-electron chi connectivity index (χ2n) is 7.30. The molecule has 0 fully saturated rings. The van der Waals surface area contributed by atoms with Gasteiger partial charge in [0.1, 0.15) is 12.4 Å². The summed E-state index contributed by atoms with van der Waals surface area (Å²) in [6.45, 7) is -0.315. The Kier molecular flexibility index (Phi) is 6.44. The zero-order chi connectivity index (χ0) is 23.7. The Hall–Kier alpha value is -3.30. The third-order valence-corrected chi connectivity index (χ3v) is 6.76. The predicted octanol–water partition coefficient (Wildman–Crippen LogP) is 3.95. The molecule has 33 heavy (non-hydrogen) atoms. The van der Waals surface area contributed by atoms with Crippen molar-refractivity contribution >= 4 is 46.3 Å². The molecule has 0 N–H and O–H groups in total. The van der Waals surface area contributed by atoms with Crippen LogP contribution in [0, 0.1) is 0 Å². The second kappa shape index (κ2) is 9.29. The van der Waals surface area contributed by atoms with Crippen LogP contribution in [0.2, 0.25) is 5.02 Å². The Morgan fingerprint density at radius 2 is 1.85 bits per heavy atom. The third kappa shape index (κ3) is 4.21. The van der Waals surface area contributed by atoms with Gasteiger partial charge in [0.25, 0.3) is 0 Å². The Morgan fingerprint density at radius 3 is 2.52 bits per heavy atom. The number of hydrogen-bond donors (Lipinski definition) is 0. The molecule has 1 amide bonds. The summed E-state index contributed by atoms with van der Waals surface area (Å²) in [5, 5.41) is 0.445. The van der Waals surface area contributed by atoms with Crippen molar-refractivity contribution in [2.24, 2.45) is 0 Å². The summed E-state index contributed by atoms with van der Waals surface area (Å²) in [7, 11) is 4.32. The van der Waals surface area contributed by atoms with E-state index in [1.807, 2.05) is 6.07 Å². The Bertz CT molecular complexity index is 1280. The van der Waals surface area contributed by atoms with Crippen LogP contribution in [0.3, 0.4) is 0 Å². The summed E-state index contributed by atoms with van der Waals surface area (Å²) < 4.78 is 16.8. The number of anilines is 2. The number of benzene rings is 2. The highest BCUT2D eigenvalue weighted by molar-refractivity contribution is 7.10. The molecule has 2 aromatic carbocycles. The van der Waals surface area contributed by atoms with Crippen LogP contribution in [0.1, 0.15) is 22.8 Å². The molecular weight excluding hydrogens is 468 g/mol. The highest BCUT2D eigenvalue weighted by Gasteiger charge is 2.38. The monoisotopic (exact) mass is 488 g/mol. The molecule has 1 aliphatic rings. The van der Waals surface area contributed by atoms with Crippen molar-refractivity contribution in [2.45, 2.75) is 18.9 Å². The first-order valence-electron chi connectivity index (χ1n) is 9.98. The van der Waals surface area contributed by atoms with E-state index >= 15 is 0 Å². The van der Waals surface area contributed by atoms with Gasteiger partial charge in [-0.2, -0.15) is 0 Å². The summed E-state index contributed by atoms with van der Waals surface area (Å²) in [5.41, 5.74) is 1.30. The lowest BCUT2D eigenvalue weighted by Crippen LogP contribution is -2.36. The van der Waals surface area contributed by atoms with Gasteiger partial charge < -0.3 is 14.2 Å². The van der Waals surface area contributed by atoms with E-state index in [9.17, 15) is 14.4 Å². The first-order chi connectivity index (χ1) is 15.9. The van der Waals surface area contributed by atoms with E-state index in [2.05, 4.69) is 0 Å². The largest absolute Gasteiger partial charge is 0.493 e. The normalized spacial score (nSPS) is 15.2. The zero-order valence-electron chi connectivity index (χ0n) is 18.2. The van der Waals surface area contributed by atoms with Crippen LogP contribution in [-0.2, 0) is 20.9 Å². The van der Waals surface area contributed by atoms with E-state index in [0.29, 0.717) is 32.9 Å². The van der Waals surface area contributed by atoms with Crippen LogP contribution in [0.25, 0.3) is 0 Å². The van der Waals surface area contributed by atoms with Gasteiger partial charge in [-0.15, -0.1) is 0 Å². The van der Waals surface area contributed by atoms with Crippen LogP contribution < -0.4 is 19.2 Å². The molecule has 8 nitrogen and oxygen atoms in total. The van der Waals surface area contributed by atoms with Gasteiger partial charge in [0.2, 0.25) is 5.91 Å². The van der Waals surface area contributed by atoms with Crippen molar-refractivity contribution in [3.05, 3.63) is 67.6 Å². The van der Waals surface area contributed by atoms with E-state index in [1.54, 1.807) is 43.5 Å². The van der Waals surface area contributed by atoms with E-state index < -0.39 is 11.9 Å². The molecule has 2 heterocycles. The number of carbonyl (C=O) groups is 2. The van der Waals surface area contributed by atoms with Gasteiger partial charge in [0, 0.05) is 17.4 Å². The fourth-order valence-electron chi connectivity index (χ4n) is 3.90. The van der Waals surface area contributed by atoms with Gasteiger partial charge in [0.05, 0.1) is 31.9 Å². The lowest BCUT2D eigenvalue weighted by molar-refractivity contribution is -0.141. The third-order valence-electron chi connectivity index (χ3n) is 5.44. The minimum absolute atomic E-state index is 0.118. The lowest BCUT2D eigenvalue weighted by atomic mass is 9.90. The van der Waals surface area contributed by atoms with Gasteiger partial charge in [-0.05, 0) is 35.9 Å². The average molecular weight is 489 g/mol.